The van der Waals surface area contributed by atoms with Gasteiger partial charge >= 0.3 is 0 Å². The first-order valence-electron chi connectivity index (χ1n) is 8.50. The van der Waals surface area contributed by atoms with E-state index < -0.39 is 0 Å². The van der Waals surface area contributed by atoms with E-state index in [-0.39, 0.29) is 0 Å². The summed E-state index contributed by atoms with van der Waals surface area (Å²) in [5.74, 6) is 0. The van der Waals surface area contributed by atoms with E-state index in [1.54, 1.807) is 0 Å². The van der Waals surface area contributed by atoms with Crippen molar-refractivity contribution >= 4 is 0 Å². The lowest BCUT2D eigenvalue weighted by atomic mass is 9.98. The van der Waals surface area contributed by atoms with Crippen molar-refractivity contribution in [3.63, 3.8) is 0 Å². The average molecular weight is 288 g/mol. The van der Waals surface area contributed by atoms with Crippen molar-refractivity contribution in [1.29, 1.82) is 0 Å². The zero-order valence-electron chi connectivity index (χ0n) is 13.2. The zero-order chi connectivity index (χ0) is 14.5. The number of benzene rings is 1. The predicted molar refractivity (Wildman–Crippen MR) is 86.4 cm³/mol. The average Bonchev–Trinajstić information content (AvgIpc) is 2.53. The van der Waals surface area contributed by atoms with Gasteiger partial charge in [0, 0.05) is 26.2 Å². The molecule has 0 aromatic heterocycles. The summed E-state index contributed by atoms with van der Waals surface area (Å²) in [6, 6.07) is 7.05. The molecule has 3 rings (SSSR count). The SMILES string of the molecule is CCCOC1CCCN(Cc2ccc3c(c2)CNCC3)C1. The fourth-order valence-electron chi connectivity index (χ4n) is 3.47. The van der Waals surface area contributed by atoms with E-state index in [2.05, 4.69) is 35.3 Å². The van der Waals surface area contributed by atoms with Crippen molar-refractivity contribution in [2.45, 2.75) is 51.8 Å². The van der Waals surface area contributed by atoms with Crippen LogP contribution in [0.2, 0.25) is 0 Å². The summed E-state index contributed by atoms with van der Waals surface area (Å²) < 4.78 is 5.94. The van der Waals surface area contributed by atoms with E-state index >= 15 is 0 Å². The lowest BCUT2D eigenvalue weighted by Crippen LogP contribution is -2.39. The molecule has 1 fully saturated rings. The molecule has 1 unspecified atom stereocenters. The summed E-state index contributed by atoms with van der Waals surface area (Å²) in [6.07, 6.45) is 5.23. The van der Waals surface area contributed by atoms with Crippen molar-refractivity contribution < 1.29 is 4.74 Å². The number of fused-ring (bicyclic) bond motifs is 1. The molecule has 2 aliphatic heterocycles. The minimum atomic E-state index is 0.443. The number of nitrogens with one attached hydrogen (secondary N) is 1. The molecule has 0 aliphatic carbocycles. The molecule has 1 atom stereocenters. The summed E-state index contributed by atoms with van der Waals surface area (Å²) in [7, 11) is 0. The lowest BCUT2D eigenvalue weighted by Gasteiger charge is -2.33. The summed E-state index contributed by atoms with van der Waals surface area (Å²) in [5.41, 5.74) is 4.48. The van der Waals surface area contributed by atoms with Gasteiger partial charge in [-0.05, 0) is 55.5 Å². The van der Waals surface area contributed by atoms with Crippen molar-refractivity contribution in [1.82, 2.24) is 10.2 Å². The van der Waals surface area contributed by atoms with Crippen LogP contribution in [-0.2, 0) is 24.2 Å². The van der Waals surface area contributed by atoms with Gasteiger partial charge in [-0.2, -0.15) is 0 Å². The van der Waals surface area contributed by atoms with E-state index in [0.717, 1.165) is 39.2 Å². The number of likely N-dealkylation sites (tertiary alicyclic amines) is 1. The Morgan fingerprint density at radius 3 is 3.19 bits per heavy atom. The number of rotatable bonds is 5. The Morgan fingerprint density at radius 1 is 1.33 bits per heavy atom. The Labute approximate surface area is 128 Å². The van der Waals surface area contributed by atoms with Crippen LogP contribution in [0.15, 0.2) is 18.2 Å². The van der Waals surface area contributed by atoms with Crippen LogP contribution in [0.4, 0.5) is 0 Å². The van der Waals surface area contributed by atoms with Crippen LogP contribution >= 0.6 is 0 Å². The van der Waals surface area contributed by atoms with Crippen LogP contribution in [0.5, 0.6) is 0 Å². The van der Waals surface area contributed by atoms with Crippen LogP contribution < -0.4 is 5.32 Å². The van der Waals surface area contributed by atoms with Crippen molar-refractivity contribution in [3.8, 4) is 0 Å². The van der Waals surface area contributed by atoms with Crippen LogP contribution in [0.3, 0.4) is 0 Å². The van der Waals surface area contributed by atoms with E-state index in [4.69, 9.17) is 4.74 Å². The summed E-state index contributed by atoms with van der Waals surface area (Å²) >= 11 is 0. The molecular weight excluding hydrogens is 260 g/mol. The zero-order valence-corrected chi connectivity index (χ0v) is 13.2. The predicted octanol–water partition coefficient (Wildman–Crippen LogP) is 2.72. The second-order valence-corrected chi connectivity index (χ2v) is 6.40. The Hall–Kier alpha value is -0.900. The number of nitrogens with zero attached hydrogens (tertiary/aromatic N) is 1. The Kier molecular flexibility index (Phi) is 5.28. The first-order chi connectivity index (χ1) is 10.3. The van der Waals surface area contributed by atoms with Gasteiger partial charge in [0.1, 0.15) is 0 Å². The maximum absolute atomic E-state index is 5.94. The molecule has 116 valence electrons. The highest BCUT2D eigenvalue weighted by molar-refractivity contribution is 5.33. The van der Waals surface area contributed by atoms with Crippen LogP contribution in [0.25, 0.3) is 0 Å². The quantitative estimate of drug-likeness (QED) is 0.901. The normalized spacial score (nSPS) is 23.0. The van der Waals surface area contributed by atoms with Crippen molar-refractivity contribution in [2.75, 3.05) is 26.2 Å². The molecule has 0 amide bonds. The van der Waals surface area contributed by atoms with Crippen LogP contribution in [-0.4, -0.2) is 37.2 Å². The molecule has 2 aliphatic rings. The number of ether oxygens (including phenoxy) is 1. The van der Waals surface area contributed by atoms with Crippen molar-refractivity contribution in [3.05, 3.63) is 34.9 Å². The van der Waals surface area contributed by atoms with Crippen molar-refractivity contribution in [2.24, 2.45) is 0 Å². The van der Waals surface area contributed by atoms with Gasteiger partial charge in [-0.25, -0.2) is 0 Å². The molecule has 1 aromatic carbocycles. The molecule has 0 radical (unpaired) electrons. The Morgan fingerprint density at radius 2 is 2.29 bits per heavy atom. The molecule has 3 heteroatoms. The first-order valence-corrected chi connectivity index (χ1v) is 8.50. The van der Waals surface area contributed by atoms with Gasteiger partial charge < -0.3 is 10.1 Å². The topological polar surface area (TPSA) is 24.5 Å². The third-order valence-corrected chi connectivity index (χ3v) is 4.58. The summed E-state index contributed by atoms with van der Waals surface area (Å²) in [5, 5.41) is 3.47. The molecule has 21 heavy (non-hydrogen) atoms. The molecular formula is C18H28N2O. The summed E-state index contributed by atoms with van der Waals surface area (Å²) in [4.78, 5) is 2.56. The maximum Gasteiger partial charge on any atom is 0.0702 e. The fourth-order valence-corrected chi connectivity index (χ4v) is 3.47. The van der Waals surface area contributed by atoms with Gasteiger partial charge in [0.25, 0.3) is 0 Å². The second-order valence-electron chi connectivity index (χ2n) is 6.40. The molecule has 1 N–H and O–H groups in total. The van der Waals surface area contributed by atoms with Gasteiger partial charge in [0.15, 0.2) is 0 Å². The van der Waals surface area contributed by atoms with E-state index in [0.29, 0.717) is 6.10 Å². The summed E-state index contributed by atoms with van der Waals surface area (Å²) in [6.45, 7) is 8.61. The smallest absolute Gasteiger partial charge is 0.0702 e. The lowest BCUT2D eigenvalue weighted by molar-refractivity contribution is -0.00223. The molecule has 2 heterocycles. The fraction of sp³-hybridized carbons (Fsp3) is 0.667. The molecule has 3 nitrogen and oxygen atoms in total. The van der Waals surface area contributed by atoms with Gasteiger partial charge in [-0.1, -0.05) is 25.1 Å². The third kappa shape index (κ3) is 4.06. The minimum absolute atomic E-state index is 0.443. The molecule has 0 bridgehead atoms. The highest BCUT2D eigenvalue weighted by Crippen LogP contribution is 2.20. The molecule has 0 spiro atoms. The number of hydrogen-bond acceptors (Lipinski definition) is 3. The number of piperidine rings is 1. The Balaban J connectivity index is 1.58. The highest BCUT2D eigenvalue weighted by atomic mass is 16.5. The number of hydrogen-bond donors (Lipinski definition) is 1. The molecule has 1 aromatic rings. The van der Waals surface area contributed by atoms with Gasteiger partial charge in [-0.3, -0.25) is 4.90 Å². The monoisotopic (exact) mass is 288 g/mol. The Bertz CT molecular complexity index is 461. The standard InChI is InChI=1S/C18H28N2O/c1-2-10-21-18-4-3-9-20(14-18)13-15-5-6-16-7-8-19-12-17(16)11-15/h5-6,11,18-19H,2-4,7-10,12-14H2,1H3. The van der Waals surface area contributed by atoms with Gasteiger partial charge in [-0.15, -0.1) is 0 Å². The first kappa shape index (κ1) is 15.0. The maximum atomic E-state index is 5.94. The van der Waals surface area contributed by atoms with Crippen LogP contribution in [0, 0.1) is 0 Å². The van der Waals surface area contributed by atoms with Crippen LogP contribution in [0.1, 0.15) is 42.9 Å². The largest absolute Gasteiger partial charge is 0.377 e. The third-order valence-electron chi connectivity index (χ3n) is 4.58. The molecule has 0 saturated carbocycles. The van der Waals surface area contributed by atoms with E-state index in [1.807, 2.05) is 0 Å². The van der Waals surface area contributed by atoms with E-state index in [1.165, 1.54) is 42.5 Å². The molecule has 1 saturated heterocycles. The van der Waals surface area contributed by atoms with Gasteiger partial charge in [0.05, 0.1) is 6.10 Å². The second kappa shape index (κ2) is 7.39. The highest BCUT2D eigenvalue weighted by Gasteiger charge is 2.20. The van der Waals surface area contributed by atoms with E-state index in [9.17, 15) is 0 Å². The van der Waals surface area contributed by atoms with Gasteiger partial charge in [0.2, 0.25) is 0 Å². The minimum Gasteiger partial charge on any atom is -0.377 e.